The average Bonchev–Trinajstić information content (AvgIpc) is 1.46. The van der Waals surface area contributed by atoms with Crippen molar-refractivity contribution in [3.05, 3.63) is 165 Å². The first kappa shape index (κ1) is 104. The van der Waals surface area contributed by atoms with Crippen LogP contribution in [0.4, 0.5) is 0 Å². The van der Waals surface area contributed by atoms with Crippen LogP contribution in [0.25, 0.3) is 0 Å². The van der Waals surface area contributed by atoms with Crippen molar-refractivity contribution in [2.45, 2.75) is 281 Å². The SMILES string of the molecule is C.C=C(C)O[C@@H](CC(=O)OC1=CC[C@@]2(O)[C@H]3Cc4ccc(O)c5c4[C@@]2(CCN3C)[C@H]1O5)C(=O)O.C=C(C)O[C@H](C(=O)O)[C@H](OC(C)=O)C(=O)OC1=CC[C@@]2(O)[C@H]3Cc4ccc(O)c5c4[C@@]2(CCN3C)[C@H]1O5.CC(=O)O[C@@H](C(C)=O)[C@@H](C)C(=O)OC1=CC[C@@]2(O)[C@H]3Cc4ccc(O)c5c4[C@@]2(CCN3C)[C@H]1O5.CC(=O)[C@H](O)[C@@H](O)C(=O)O[C@@H](CC(=O)OC1=CC[C@@]2(O)[C@H]3Cc4ccc(O)c5c4[C@@]2(CCN3C)[C@H]1O5)C(=O)O. The number of piperidine rings is 4. The maximum absolute atomic E-state index is 13.3. The minimum absolute atomic E-state index is 0. The van der Waals surface area contributed by atoms with Gasteiger partial charge in [-0.2, -0.15) is 0 Å². The number of aliphatic hydroxyl groups is 6. The number of likely N-dealkylation sites (N-methyl/N-ethyl adjacent to an activating group) is 4. The molecule has 24 atom stereocenters. The number of Topliss-reactive ketones (excluding diaryl/α,β-unsaturated/α-hetero) is 2. The monoisotopic (exact) mass is 2010 g/mol. The third-order valence-corrected chi connectivity index (χ3v) is 32.0. The zero-order chi connectivity index (χ0) is 104. The van der Waals surface area contributed by atoms with Crippen LogP contribution < -0.4 is 18.9 Å². The number of aromatic hydroxyl groups is 4. The Morgan fingerprint density at radius 2 is 0.674 bits per heavy atom. The van der Waals surface area contributed by atoms with Crippen LogP contribution in [0.3, 0.4) is 0 Å². The first-order valence-corrected chi connectivity index (χ1v) is 47.0. The normalized spacial score (nSPS) is 31.2. The first-order chi connectivity index (χ1) is 67.3. The molecule has 4 aromatic carbocycles. The number of ketones is 2. The Labute approximate surface area is 825 Å². The molecule has 13 N–H and O–H groups in total. The predicted molar refractivity (Wildman–Crippen MR) is 493 cm³/mol. The van der Waals surface area contributed by atoms with Gasteiger partial charge in [-0.15, -0.1) is 0 Å². The van der Waals surface area contributed by atoms with E-state index in [0.29, 0.717) is 100 Å². The number of hydrogen-bond acceptors (Lipinski definition) is 39. The second kappa shape index (κ2) is 37.5. The fraction of sp³-hybridized carbons (Fsp3) is 0.529. The number of benzene rings is 4. The molecule has 4 fully saturated rings. The first-order valence-electron chi connectivity index (χ1n) is 47.0. The molecule has 0 unspecified atom stereocenters. The molecule has 4 saturated heterocycles. The van der Waals surface area contributed by atoms with E-state index in [2.05, 4.69) is 37.5 Å². The summed E-state index contributed by atoms with van der Waals surface area (Å²) < 4.78 is 72.4. The van der Waals surface area contributed by atoms with E-state index in [4.69, 9.17) is 56.8 Å². The van der Waals surface area contributed by atoms with E-state index in [1.54, 1.807) is 42.5 Å². The molecular formula is C102H118N4O38. The van der Waals surface area contributed by atoms with E-state index in [-0.39, 0.29) is 126 Å². The van der Waals surface area contributed by atoms with E-state index in [0.717, 1.165) is 47.2 Å². The van der Waals surface area contributed by atoms with Gasteiger partial charge in [0.25, 0.3) is 0 Å². The highest BCUT2D eigenvalue weighted by atomic mass is 16.6. The number of carboxylic acids is 3. The number of aliphatic carboxylic acids is 3. The van der Waals surface area contributed by atoms with Crippen LogP contribution in [0.5, 0.6) is 46.0 Å². The number of phenols is 4. The Morgan fingerprint density at radius 1 is 0.382 bits per heavy atom. The fourth-order valence-corrected chi connectivity index (χ4v) is 25.7. The predicted octanol–water partition coefficient (Wildman–Crippen LogP) is 3.67. The lowest BCUT2D eigenvalue weighted by Gasteiger charge is -2.61. The van der Waals surface area contributed by atoms with Crippen LogP contribution in [-0.2, 0) is 148 Å². The fourth-order valence-electron chi connectivity index (χ4n) is 25.7. The van der Waals surface area contributed by atoms with Crippen LogP contribution in [0.2, 0.25) is 0 Å². The molecule has 4 aromatic rings. The smallest absolute Gasteiger partial charge is 0.357 e. The number of rotatable bonds is 26. The molecule has 8 aliphatic heterocycles. The molecule has 144 heavy (non-hydrogen) atoms. The number of hydrogen-bond donors (Lipinski definition) is 13. The van der Waals surface area contributed by atoms with Crippen LogP contribution in [0.1, 0.15) is 165 Å². The molecule has 42 nitrogen and oxygen atoms in total. The van der Waals surface area contributed by atoms with Crippen molar-refractivity contribution < 1.29 is 185 Å². The van der Waals surface area contributed by atoms with Crippen molar-refractivity contribution >= 4 is 71.3 Å². The molecule has 16 aliphatic rings. The molecule has 8 heterocycles. The van der Waals surface area contributed by atoms with Crippen LogP contribution in [0.15, 0.2) is 121 Å². The minimum Gasteiger partial charge on any atom is -0.504 e. The van der Waals surface area contributed by atoms with Gasteiger partial charge >= 0.3 is 59.7 Å². The van der Waals surface area contributed by atoms with Crippen molar-refractivity contribution in [1.29, 1.82) is 0 Å². The summed E-state index contributed by atoms with van der Waals surface area (Å²) in [5.41, 5.74) is -1.88. The summed E-state index contributed by atoms with van der Waals surface area (Å²) in [4.78, 5) is 154. The maximum Gasteiger partial charge on any atom is 0.357 e. The lowest BCUT2D eigenvalue weighted by molar-refractivity contribution is -0.185. The molecule has 4 spiro atoms. The summed E-state index contributed by atoms with van der Waals surface area (Å²) in [5.74, 6) is -12.5. The number of carbonyl (C=O) groups excluding carboxylic acids is 9. The standard InChI is InChI=1S/C26H29NO12.C26H29NO10.C25H29NO8.C24H27NO8.CH4/c1-11(28)19(31)20(32)24(35)38-15(23(33)34)10-17(30)37-14-5-6-26(36)16-9-12-3-4-13(29)21-18(12)25(26,22(14)39-21)7-8-27(16)2;1-12(2)34-20(23(30)31)21(35-13(3)28)24(32)36-16-7-8-26(33)17-11-14-5-6-15(29)19-18(14)25(26,22(16)37-19)9-10-27(17)4;1-12(20(13(2)27)32-14(3)28)23(30)33-17-7-8-25(31)18-11-15-5-6-16(29)21-19(15)24(25,22(17)34-21)9-10-26(18)4;1-12(2)31-16(22(28)29)11-18(27)32-15-6-7-24(30)17-10-13-4-5-14(26)20-19(13)23(24,21(15)33-20)8-9-25(17)3;/h3-5,15-16,19-20,22,29,31-32,36H,6-10H2,1-2H3,(H,33,34);5-7,17,20-22,29,33H,1,8-11H2,2-4H3,(H,30,31);5-7,12,18,20,22,29,31H,8-11H2,1-4H3;4-6,16-17,21,26,30H,1,7-11H2,2-3H3,(H,28,29);1H4/t15-,16+,19-,20+,22-,25-,26+;17-,20+,21+,22+,25+,26-;12-,18-,20-,22+,24+,25-;16-,17+,21-,23-,24+;/m0110./s1. The largest absolute Gasteiger partial charge is 0.504 e. The number of aliphatic hydroxyl groups excluding tert-OH is 2. The molecule has 42 heteroatoms. The summed E-state index contributed by atoms with van der Waals surface area (Å²) in [5, 5.41) is 138. The van der Waals surface area contributed by atoms with E-state index < -0.39 is 201 Å². The number of likely N-dealkylation sites (tertiary alicyclic amines) is 4. The second-order valence-corrected chi connectivity index (χ2v) is 40.1. The molecule has 20 rings (SSSR count). The van der Waals surface area contributed by atoms with Gasteiger partial charge < -0.3 is 148 Å². The quantitative estimate of drug-likeness (QED) is 0.0242. The molecule has 0 amide bonds. The van der Waals surface area contributed by atoms with Gasteiger partial charge in [-0.1, -0.05) is 44.8 Å². The third kappa shape index (κ3) is 16.0. The third-order valence-electron chi connectivity index (χ3n) is 32.0. The van der Waals surface area contributed by atoms with Gasteiger partial charge in [-0.3, -0.25) is 33.6 Å². The molecule has 8 bridgehead atoms. The number of allylic oxidation sites excluding steroid dienone is 2. The van der Waals surface area contributed by atoms with Crippen molar-refractivity contribution in [1.82, 2.24) is 19.6 Å². The summed E-state index contributed by atoms with van der Waals surface area (Å²) in [6, 6.07) is 12.8. The molecule has 0 aromatic heterocycles. The van der Waals surface area contributed by atoms with E-state index in [1.165, 1.54) is 46.8 Å². The zero-order valence-corrected chi connectivity index (χ0v) is 80.1. The minimum atomic E-state index is -2.34. The molecule has 0 radical (unpaired) electrons. The van der Waals surface area contributed by atoms with Crippen molar-refractivity contribution in [2.75, 3.05) is 54.4 Å². The lowest BCUT2D eigenvalue weighted by atomic mass is 9.50. The van der Waals surface area contributed by atoms with Crippen LogP contribution in [0, 0.1) is 5.92 Å². The Balaban J connectivity index is 0.000000138. The number of carbonyl (C=O) groups is 12. The van der Waals surface area contributed by atoms with Gasteiger partial charge in [0.1, 0.15) is 29.1 Å². The highest BCUT2D eigenvalue weighted by molar-refractivity contribution is 5.92. The number of carboxylic acid groups (broad SMARTS) is 3. The summed E-state index contributed by atoms with van der Waals surface area (Å²) in [6.07, 6.45) is -6.71. The number of nitrogens with zero attached hydrogens (tertiary/aromatic N) is 4. The number of ether oxygens (including phenoxy) is 13. The van der Waals surface area contributed by atoms with Gasteiger partial charge in [0.2, 0.25) is 24.4 Å². The van der Waals surface area contributed by atoms with Crippen molar-refractivity contribution in [3.8, 4) is 46.0 Å². The average molecular weight is 2010 g/mol. The second-order valence-electron chi connectivity index (χ2n) is 40.1. The highest BCUT2D eigenvalue weighted by Gasteiger charge is 2.77. The van der Waals surface area contributed by atoms with E-state index >= 15 is 0 Å². The topological polar surface area (TPSA) is 601 Å². The Kier molecular flexibility index (Phi) is 27.1. The Bertz CT molecular complexity index is 6220. The maximum atomic E-state index is 13.3. The van der Waals surface area contributed by atoms with Gasteiger partial charge in [0, 0.05) is 86.0 Å². The highest BCUT2D eigenvalue weighted by Crippen LogP contribution is 2.71. The number of phenolic OH excluding ortho intramolecular Hbond substituents is 4. The molecule has 0 saturated carbocycles. The molecule has 774 valence electrons. The lowest BCUT2D eigenvalue weighted by Crippen LogP contribution is -2.74. The Morgan fingerprint density at radius 3 is 0.951 bits per heavy atom. The molecule has 8 aliphatic carbocycles. The van der Waals surface area contributed by atoms with Crippen LogP contribution in [-0.4, -0.2) is 325 Å². The molecular weight excluding hydrogens is 1890 g/mol. The van der Waals surface area contributed by atoms with Crippen molar-refractivity contribution in [2.24, 2.45) is 5.92 Å². The summed E-state index contributed by atoms with van der Waals surface area (Å²) >= 11 is 0. The number of esters is 7. The Hall–Kier alpha value is -13.0. The van der Waals surface area contributed by atoms with E-state index in [9.17, 15) is 124 Å². The van der Waals surface area contributed by atoms with E-state index in [1.807, 2.05) is 46.4 Å². The summed E-state index contributed by atoms with van der Waals surface area (Å²) in [6.45, 7) is 18.4. The van der Waals surface area contributed by atoms with Gasteiger partial charge in [-0.05, 0) is 211 Å². The van der Waals surface area contributed by atoms with Crippen LogP contribution >= 0.6 is 0 Å². The zero-order valence-electron chi connectivity index (χ0n) is 80.1. The van der Waals surface area contributed by atoms with Gasteiger partial charge in [0.05, 0.1) is 74.3 Å². The van der Waals surface area contributed by atoms with Gasteiger partial charge in [0.15, 0.2) is 94.2 Å². The summed E-state index contributed by atoms with van der Waals surface area (Å²) in [7, 11) is 7.85. The van der Waals surface area contributed by atoms with Crippen molar-refractivity contribution in [3.63, 3.8) is 0 Å². The van der Waals surface area contributed by atoms with Gasteiger partial charge in [-0.25, -0.2) is 24.0 Å².